The van der Waals surface area contributed by atoms with Crippen molar-refractivity contribution in [2.75, 3.05) is 0 Å². The molecule has 6 rings (SSSR count). The standard InChI is InChI=1S/C22H34N2S/c1-2-4-6-20(5-3-1)25-21(15-24-8-7-23-16-24)22-12-17-9-18(13-22)11-19(10-17)14-22/h7-8,16-21H,1-6,9-15H2. The minimum absolute atomic E-state index is 0.649. The second-order valence-electron chi connectivity index (χ2n) is 9.78. The molecule has 1 aromatic rings. The van der Waals surface area contributed by atoms with Gasteiger partial charge in [0.15, 0.2) is 0 Å². The van der Waals surface area contributed by atoms with Gasteiger partial charge in [-0.3, -0.25) is 0 Å². The minimum Gasteiger partial charge on any atom is -0.336 e. The molecule has 2 nitrogen and oxygen atoms in total. The Morgan fingerprint density at radius 3 is 2.16 bits per heavy atom. The summed E-state index contributed by atoms with van der Waals surface area (Å²) >= 11 is 2.42. The number of aromatic nitrogens is 2. The van der Waals surface area contributed by atoms with Gasteiger partial charge < -0.3 is 4.57 Å². The molecule has 5 aliphatic rings. The van der Waals surface area contributed by atoms with Crippen molar-refractivity contribution in [3.63, 3.8) is 0 Å². The smallest absolute Gasteiger partial charge is 0.0946 e. The lowest BCUT2D eigenvalue weighted by atomic mass is 9.48. The summed E-state index contributed by atoms with van der Waals surface area (Å²) in [4.78, 5) is 4.34. The van der Waals surface area contributed by atoms with Gasteiger partial charge in [-0.05, 0) is 74.5 Å². The molecule has 1 unspecified atom stereocenters. The van der Waals surface area contributed by atoms with Crippen LogP contribution in [0.1, 0.15) is 77.0 Å². The Hall–Kier alpha value is -0.440. The van der Waals surface area contributed by atoms with Crippen molar-refractivity contribution in [1.82, 2.24) is 9.55 Å². The molecule has 5 saturated carbocycles. The first-order chi connectivity index (χ1) is 12.3. The van der Waals surface area contributed by atoms with Crippen molar-refractivity contribution in [3.8, 4) is 0 Å². The van der Waals surface area contributed by atoms with Crippen LogP contribution in [-0.2, 0) is 6.54 Å². The summed E-state index contributed by atoms with van der Waals surface area (Å²) < 4.78 is 2.38. The van der Waals surface area contributed by atoms with Gasteiger partial charge >= 0.3 is 0 Å². The van der Waals surface area contributed by atoms with Crippen LogP contribution in [-0.4, -0.2) is 20.1 Å². The summed E-state index contributed by atoms with van der Waals surface area (Å²) in [5.74, 6) is 3.18. The van der Waals surface area contributed by atoms with E-state index < -0.39 is 0 Å². The van der Waals surface area contributed by atoms with Crippen LogP contribution < -0.4 is 0 Å². The van der Waals surface area contributed by atoms with Gasteiger partial charge in [0, 0.05) is 29.4 Å². The van der Waals surface area contributed by atoms with Crippen LogP contribution in [0, 0.1) is 23.2 Å². The van der Waals surface area contributed by atoms with Crippen molar-refractivity contribution in [2.45, 2.75) is 94.1 Å². The molecule has 138 valence electrons. The van der Waals surface area contributed by atoms with E-state index in [1.807, 2.05) is 6.20 Å². The molecule has 1 heterocycles. The first-order valence-corrected chi connectivity index (χ1v) is 11.8. The molecule has 25 heavy (non-hydrogen) atoms. The third kappa shape index (κ3) is 3.42. The topological polar surface area (TPSA) is 17.8 Å². The molecule has 0 aromatic carbocycles. The predicted octanol–water partition coefficient (Wildman–Crippen LogP) is 5.92. The van der Waals surface area contributed by atoms with Crippen LogP contribution in [0.3, 0.4) is 0 Å². The summed E-state index contributed by atoms with van der Waals surface area (Å²) in [5, 5.41) is 1.74. The molecule has 1 aromatic heterocycles. The monoisotopic (exact) mass is 358 g/mol. The first-order valence-electron chi connectivity index (χ1n) is 10.9. The highest BCUT2D eigenvalue weighted by Crippen LogP contribution is 2.63. The quantitative estimate of drug-likeness (QED) is 0.608. The second-order valence-corrected chi connectivity index (χ2v) is 11.3. The molecule has 0 N–H and O–H groups in total. The maximum atomic E-state index is 4.34. The van der Waals surface area contributed by atoms with E-state index in [0.717, 1.165) is 28.3 Å². The van der Waals surface area contributed by atoms with Crippen LogP contribution in [0.15, 0.2) is 18.7 Å². The molecular formula is C22H34N2S. The number of hydrogen-bond donors (Lipinski definition) is 0. The number of thioether (sulfide) groups is 1. The van der Waals surface area contributed by atoms with Gasteiger partial charge in [-0.15, -0.1) is 0 Å². The first kappa shape index (κ1) is 16.7. The Morgan fingerprint density at radius 2 is 1.60 bits per heavy atom. The van der Waals surface area contributed by atoms with Gasteiger partial charge in [0.25, 0.3) is 0 Å². The van der Waals surface area contributed by atoms with Crippen molar-refractivity contribution >= 4 is 11.8 Å². The Morgan fingerprint density at radius 1 is 0.960 bits per heavy atom. The fourth-order valence-electron chi connectivity index (χ4n) is 7.15. The highest BCUT2D eigenvalue weighted by Gasteiger charge is 2.54. The molecular weight excluding hydrogens is 324 g/mol. The molecule has 5 aliphatic carbocycles. The lowest BCUT2D eigenvalue weighted by Gasteiger charge is -2.59. The van der Waals surface area contributed by atoms with Gasteiger partial charge in [0.1, 0.15) is 0 Å². The Bertz CT molecular complexity index is 523. The lowest BCUT2D eigenvalue weighted by molar-refractivity contribution is -0.0554. The molecule has 0 saturated heterocycles. The van der Waals surface area contributed by atoms with Crippen LogP contribution in [0.2, 0.25) is 0 Å². The van der Waals surface area contributed by atoms with Crippen molar-refractivity contribution < 1.29 is 0 Å². The van der Waals surface area contributed by atoms with E-state index in [0.29, 0.717) is 5.41 Å². The van der Waals surface area contributed by atoms with E-state index in [9.17, 15) is 0 Å². The van der Waals surface area contributed by atoms with Crippen LogP contribution >= 0.6 is 11.8 Å². The highest BCUT2D eigenvalue weighted by molar-refractivity contribution is 8.00. The highest BCUT2D eigenvalue weighted by atomic mass is 32.2. The summed E-state index contributed by atoms with van der Waals surface area (Å²) in [7, 11) is 0. The van der Waals surface area contributed by atoms with Crippen LogP contribution in [0.4, 0.5) is 0 Å². The average Bonchev–Trinajstić information content (AvgIpc) is 2.95. The Labute approximate surface area is 157 Å². The summed E-state index contributed by atoms with van der Waals surface area (Å²) in [6.45, 7) is 1.20. The Kier molecular flexibility index (Phi) is 4.64. The van der Waals surface area contributed by atoms with E-state index in [1.165, 1.54) is 45.1 Å². The summed E-state index contributed by atoms with van der Waals surface area (Å²) in [6.07, 6.45) is 24.3. The molecule has 0 aliphatic heterocycles. The van der Waals surface area contributed by atoms with Gasteiger partial charge in [0.05, 0.1) is 6.33 Å². The maximum absolute atomic E-state index is 4.34. The molecule has 5 fully saturated rings. The van der Waals surface area contributed by atoms with Gasteiger partial charge in [-0.1, -0.05) is 25.7 Å². The van der Waals surface area contributed by atoms with E-state index in [4.69, 9.17) is 0 Å². The van der Waals surface area contributed by atoms with Crippen LogP contribution in [0.25, 0.3) is 0 Å². The second kappa shape index (κ2) is 6.94. The number of hydrogen-bond acceptors (Lipinski definition) is 2. The minimum atomic E-state index is 0.649. The van der Waals surface area contributed by atoms with Gasteiger partial charge in [-0.25, -0.2) is 4.98 Å². The van der Waals surface area contributed by atoms with Gasteiger partial charge in [0.2, 0.25) is 0 Å². The third-order valence-corrected chi connectivity index (χ3v) is 9.70. The van der Waals surface area contributed by atoms with Crippen molar-refractivity contribution in [2.24, 2.45) is 23.2 Å². The number of rotatable bonds is 5. The zero-order chi connectivity index (χ0) is 16.7. The predicted molar refractivity (Wildman–Crippen MR) is 106 cm³/mol. The fraction of sp³-hybridized carbons (Fsp3) is 0.864. The lowest BCUT2D eigenvalue weighted by Crippen LogP contribution is -2.52. The zero-order valence-electron chi connectivity index (χ0n) is 15.6. The zero-order valence-corrected chi connectivity index (χ0v) is 16.4. The average molecular weight is 359 g/mol. The largest absolute Gasteiger partial charge is 0.336 e. The normalized spacial score (nSPS) is 39.4. The molecule has 4 bridgehead atoms. The SMILES string of the molecule is c1cn(CC(SC2CCCCCC2)C23CC4CC(CC(C4)C2)C3)cn1. The maximum Gasteiger partial charge on any atom is 0.0946 e. The third-order valence-electron chi connectivity index (χ3n) is 7.86. The molecule has 0 spiro atoms. The van der Waals surface area contributed by atoms with Gasteiger partial charge in [-0.2, -0.15) is 11.8 Å². The molecule has 1 atom stereocenters. The molecule has 0 amide bonds. The van der Waals surface area contributed by atoms with E-state index in [2.05, 4.69) is 33.8 Å². The Balaban J connectivity index is 1.38. The van der Waals surface area contributed by atoms with E-state index in [1.54, 1.807) is 38.5 Å². The number of nitrogens with zero attached hydrogens (tertiary/aromatic N) is 2. The van der Waals surface area contributed by atoms with Crippen molar-refractivity contribution in [1.29, 1.82) is 0 Å². The molecule has 0 radical (unpaired) electrons. The van der Waals surface area contributed by atoms with E-state index >= 15 is 0 Å². The fourth-order valence-corrected chi connectivity index (χ4v) is 9.06. The summed E-state index contributed by atoms with van der Waals surface area (Å²) in [5.41, 5.74) is 0.649. The number of imidazole rings is 1. The van der Waals surface area contributed by atoms with Crippen LogP contribution in [0.5, 0.6) is 0 Å². The summed E-state index contributed by atoms with van der Waals surface area (Å²) in [6, 6.07) is 0. The van der Waals surface area contributed by atoms with E-state index in [-0.39, 0.29) is 0 Å². The van der Waals surface area contributed by atoms with Crippen molar-refractivity contribution in [3.05, 3.63) is 18.7 Å². The molecule has 3 heteroatoms.